The van der Waals surface area contributed by atoms with Gasteiger partial charge in [-0.05, 0) is 48.2 Å². The first kappa shape index (κ1) is 19.3. The summed E-state index contributed by atoms with van der Waals surface area (Å²) in [4.78, 5) is 1.99. The van der Waals surface area contributed by atoms with Gasteiger partial charge >= 0.3 is 0 Å². The van der Waals surface area contributed by atoms with Crippen LogP contribution in [0.4, 0.5) is 0 Å². The van der Waals surface area contributed by atoms with Crippen LogP contribution in [0.3, 0.4) is 0 Å². The van der Waals surface area contributed by atoms with Gasteiger partial charge in [0.15, 0.2) is 17.5 Å². The van der Waals surface area contributed by atoms with E-state index in [0.29, 0.717) is 0 Å². The Morgan fingerprint density at radius 2 is 1.73 bits per heavy atom. The van der Waals surface area contributed by atoms with Crippen LogP contribution < -0.4 is 13.9 Å². The van der Waals surface area contributed by atoms with Gasteiger partial charge in [-0.1, -0.05) is 54.7 Å². The number of ether oxygens (including phenoxy) is 1. The molecule has 162 valence electrons. The number of fused-ring (bicyclic) bond motifs is 3. The average Bonchev–Trinajstić information content (AvgIpc) is 3.42. The molecule has 0 fully saturated rings. The van der Waals surface area contributed by atoms with Crippen molar-refractivity contribution in [1.82, 2.24) is 9.47 Å². The molecule has 0 radical (unpaired) electrons. The predicted octanol–water partition coefficient (Wildman–Crippen LogP) is 4.37. The molecule has 5 nitrogen and oxygen atoms in total. The van der Waals surface area contributed by atoms with Crippen molar-refractivity contribution in [2.45, 2.75) is 0 Å². The van der Waals surface area contributed by atoms with Gasteiger partial charge in [0.05, 0.1) is 31.2 Å². The third-order valence-corrected chi connectivity index (χ3v) is 6.04. The fourth-order valence-corrected chi connectivity index (χ4v) is 4.39. The molecule has 1 aliphatic rings. The third-order valence-electron chi connectivity index (χ3n) is 6.04. The van der Waals surface area contributed by atoms with Crippen molar-refractivity contribution < 1.29 is 13.9 Å². The Kier molecular flexibility index (Phi) is 4.47. The smallest absolute Gasteiger partial charge is 0.185 e. The summed E-state index contributed by atoms with van der Waals surface area (Å²) in [5.74, 6) is 1.57. The summed E-state index contributed by atoms with van der Waals surface area (Å²) in [5.41, 5.74) is 3.44. The summed E-state index contributed by atoms with van der Waals surface area (Å²) in [5, 5.41) is 2.44. The summed E-state index contributed by atoms with van der Waals surface area (Å²) in [6.45, 7) is 0. The summed E-state index contributed by atoms with van der Waals surface area (Å²) in [7, 11) is 4.01. The second kappa shape index (κ2) is 7.64. The molecule has 0 unspecified atom stereocenters. The normalized spacial score (nSPS) is 13.7. The lowest BCUT2D eigenvalue weighted by Crippen LogP contribution is -2.38. The van der Waals surface area contributed by atoms with Gasteiger partial charge in [0, 0.05) is 0 Å². The van der Waals surface area contributed by atoms with Crippen molar-refractivity contribution >= 4 is 21.8 Å². The first-order valence-electron chi connectivity index (χ1n) is 11.0. The maximum atomic E-state index is 6.40. The zero-order valence-electron chi connectivity index (χ0n) is 18.6. The number of para-hydroxylation sites is 2. The average molecular weight is 433 g/mol. The van der Waals surface area contributed by atoms with Crippen molar-refractivity contribution in [3.05, 3.63) is 122 Å². The van der Waals surface area contributed by atoms with Crippen LogP contribution in [-0.4, -0.2) is 16.5 Å². The lowest BCUT2D eigenvalue weighted by molar-refractivity contribution is -0.644. The molecule has 0 atom stereocenters. The van der Waals surface area contributed by atoms with Crippen molar-refractivity contribution in [1.29, 1.82) is 0 Å². The molecule has 6 rings (SSSR count). The number of benzene rings is 3. The highest BCUT2D eigenvalue weighted by Crippen LogP contribution is 2.30. The van der Waals surface area contributed by atoms with E-state index in [2.05, 4.69) is 81.9 Å². The maximum Gasteiger partial charge on any atom is 0.185 e. The van der Waals surface area contributed by atoms with Gasteiger partial charge in [-0.3, -0.25) is 9.13 Å². The van der Waals surface area contributed by atoms with Gasteiger partial charge in [0.2, 0.25) is 0 Å². The fourth-order valence-electron chi connectivity index (χ4n) is 4.39. The minimum absolute atomic E-state index is 0.769. The monoisotopic (exact) mass is 432 g/mol. The van der Waals surface area contributed by atoms with Crippen molar-refractivity contribution in [2.24, 2.45) is 7.05 Å². The fraction of sp³-hybridized carbons (Fsp3) is 0.0714. The van der Waals surface area contributed by atoms with Gasteiger partial charge < -0.3 is 9.64 Å². The Balaban J connectivity index is 1.44. The Labute approximate surface area is 192 Å². The Morgan fingerprint density at radius 1 is 0.909 bits per heavy atom. The van der Waals surface area contributed by atoms with Gasteiger partial charge in [0.1, 0.15) is 11.4 Å². The van der Waals surface area contributed by atoms with Crippen LogP contribution in [0.1, 0.15) is 0 Å². The Bertz CT molecular complexity index is 1520. The first-order valence-corrected chi connectivity index (χ1v) is 11.0. The molecular formula is C28H24N4O. The topological polar surface area (TPSA) is 25.2 Å². The molecule has 1 aliphatic heterocycles. The molecule has 0 saturated carbocycles. The van der Waals surface area contributed by atoms with Gasteiger partial charge in [-0.2, -0.15) is 0 Å². The molecule has 3 heterocycles. The van der Waals surface area contributed by atoms with E-state index in [-0.39, 0.29) is 0 Å². The highest BCUT2D eigenvalue weighted by Gasteiger charge is 2.17. The van der Waals surface area contributed by atoms with Crippen molar-refractivity contribution in [3.8, 4) is 11.4 Å². The molecule has 0 amide bonds. The van der Waals surface area contributed by atoms with E-state index in [9.17, 15) is 0 Å². The van der Waals surface area contributed by atoms with Crippen LogP contribution in [0.15, 0.2) is 116 Å². The number of allylic oxidation sites excluding steroid dienone is 2. The predicted molar refractivity (Wildman–Crippen MR) is 128 cm³/mol. The Hall–Kier alpha value is -4.38. The molecular weight excluding hydrogens is 408 g/mol. The molecule has 33 heavy (non-hydrogen) atoms. The van der Waals surface area contributed by atoms with Crippen LogP contribution >= 0.6 is 0 Å². The molecule has 5 aromatic rings. The SMILES string of the molecule is CN1C=C[C-]([n+]2ccn(C)c2)C=C1Oc1ccc2c3ccccc3[n+](-c3ccccc3)[c-]2c1. The molecule has 0 bridgehead atoms. The quantitative estimate of drug-likeness (QED) is 0.311. The zero-order chi connectivity index (χ0) is 22.4. The largest absolute Gasteiger partial charge is 0.507 e. The number of hydrogen-bond donors (Lipinski definition) is 0. The van der Waals surface area contributed by atoms with E-state index in [1.807, 2.05) is 60.6 Å². The van der Waals surface area contributed by atoms with Crippen molar-refractivity contribution in [2.75, 3.05) is 7.05 Å². The van der Waals surface area contributed by atoms with E-state index < -0.39 is 0 Å². The lowest BCUT2D eigenvalue weighted by Gasteiger charge is -2.30. The number of imidazole rings is 1. The lowest BCUT2D eigenvalue weighted by atomic mass is 10.1. The first-order chi connectivity index (χ1) is 16.2. The minimum Gasteiger partial charge on any atom is -0.507 e. The summed E-state index contributed by atoms with van der Waals surface area (Å²) >= 11 is 0. The van der Waals surface area contributed by atoms with Crippen molar-refractivity contribution in [3.63, 3.8) is 0 Å². The van der Waals surface area contributed by atoms with Gasteiger partial charge in [0.25, 0.3) is 0 Å². The molecule has 0 saturated heterocycles. The molecule has 2 aromatic heterocycles. The zero-order valence-corrected chi connectivity index (χ0v) is 18.6. The third kappa shape index (κ3) is 3.34. The Morgan fingerprint density at radius 3 is 2.55 bits per heavy atom. The molecule has 0 aliphatic carbocycles. The second-order valence-corrected chi connectivity index (χ2v) is 8.29. The highest BCUT2D eigenvalue weighted by atomic mass is 16.5. The number of hydrogen-bond acceptors (Lipinski definition) is 2. The van der Waals surface area contributed by atoms with Crippen LogP contribution in [0.25, 0.3) is 27.5 Å². The standard InChI is InChI=1S/C28H24N4O/c1-29-16-17-31(20-29)22-14-15-30(2)28(18-22)33-23-12-13-25-24-10-6-7-11-26(24)32(27(25)19-23)21-8-4-3-5-9-21/h3-20H,1-2H3. The van der Waals surface area contributed by atoms with Crippen LogP contribution in [0.2, 0.25) is 0 Å². The second-order valence-electron chi connectivity index (χ2n) is 8.29. The number of aryl methyl sites for hydroxylation is 1. The van der Waals surface area contributed by atoms with E-state index in [0.717, 1.165) is 28.9 Å². The maximum absolute atomic E-state index is 6.40. The van der Waals surface area contributed by atoms with Crippen LogP contribution in [0.5, 0.6) is 5.75 Å². The van der Waals surface area contributed by atoms with E-state index in [1.54, 1.807) is 0 Å². The van der Waals surface area contributed by atoms with Crippen LogP contribution in [-0.2, 0) is 7.05 Å². The highest BCUT2D eigenvalue weighted by molar-refractivity contribution is 6.04. The van der Waals surface area contributed by atoms with E-state index in [1.165, 1.54) is 16.3 Å². The van der Waals surface area contributed by atoms with E-state index in [4.69, 9.17) is 4.74 Å². The molecule has 0 spiro atoms. The van der Waals surface area contributed by atoms with E-state index >= 15 is 0 Å². The number of nitrogens with zero attached hydrogens (tertiary/aromatic N) is 4. The number of rotatable bonds is 4. The molecule has 0 N–H and O–H groups in total. The van der Waals surface area contributed by atoms with Gasteiger partial charge in [-0.15, -0.1) is 6.07 Å². The van der Waals surface area contributed by atoms with Gasteiger partial charge in [-0.25, -0.2) is 4.57 Å². The van der Waals surface area contributed by atoms with Crippen LogP contribution in [0, 0.1) is 6.04 Å². The minimum atomic E-state index is 0.769. The summed E-state index contributed by atoms with van der Waals surface area (Å²) < 4.78 is 12.8. The molecule has 3 aromatic carbocycles. The summed E-state index contributed by atoms with van der Waals surface area (Å²) in [6.07, 6.45) is 12.2. The number of aromatic nitrogens is 3. The molecule has 5 heteroatoms. The summed E-state index contributed by atoms with van der Waals surface area (Å²) in [6, 6.07) is 26.4.